The zero-order chi connectivity index (χ0) is 39.7. The van der Waals surface area contributed by atoms with Gasteiger partial charge in [0.05, 0.1) is 16.1 Å². The summed E-state index contributed by atoms with van der Waals surface area (Å²) < 4.78 is 7.95. The molecule has 0 radical (unpaired) electrons. The fraction of sp³-hybridized carbons (Fsp3) is 0.333. The standard InChI is InChI=1S/C51H56N2OS/c1-31-23-37(49(5,6)7)21-22-39(31)43-27-35-28-44(53-46(47(35)55-43)34-24-32-17-14-15-20-40(32)41(26-34)51(11,12)13)54-45-30-38(50(8,9)10)29-42(52-45)33-18-16-19-36(25-33)48(2,3)4/h14-30H,1-13H3. The van der Waals surface area contributed by atoms with Gasteiger partial charge in [-0.3, -0.25) is 0 Å². The maximum atomic E-state index is 6.80. The molecule has 0 N–H and O–H groups in total. The Morgan fingerprint density at radius 1 is 0.509 bits per heavy atom. The molecule has 3 heterocycles. The van der Waals surface area contributed by atoms with Crippen molar-refractivity contribution in [2.45, 2.75) is 112 Å². The van der Waals surface area contributed by atoms with Crippen LogP contribution < -0.4 is 4.74 Å². The normalized spacial score (nSPS) is 12.8. The molecule has 7 rings (SSSR count). The molecule has 282 valence electrons. The summed E-state index contributed by atoms with van der Waals surface area (Å²) in [5, 5.41) is 3.59. The SMILES string of the molecule is Cc1cc(C(C)(C)C)ccc1-c1cc2cc(Oc3cc(C(C)(C)C)cc(-c4cccc(C(C)(C)C)c4)n3)nc(-c3cc(C(C)(C)C)c4ccccc4c3)c2s1. The molecule has 0 atom stereocenters. The van der Waals surface area contributed by atoms with Crippen molar-refractivity contribution in [2.24, 2.45) is 0 Å². The van der Waals surface area contributed by atoms with Crippen LogP contribution in [0.5, 0.6) is 11.8 Å². The van der Waals surface area contributed by atoms with Crippen molar-refractivity contribution in [3.63, 3.8) is 0 Å². The van der Waals surface area contributed by atoms with Crippen LogP contribution in [0.3, 0.4) is 0 Å². The van der Waals surface area contributed by atoms with E-state index in [2.05, 4.69) is 193 Å². The van der Waals surface area contributed by atoms with Crippen molar-refractivity contribution < 1.29 is 4.74 Å². The second kappa shape index (κ2) is 13.7. The third kappa shape index (κ3) is 7.98. The van der Waals surface area contributed by atoms with E-state index in [1.165, 1.54) is 43.5 Å². The van der Waals surface area contributed by atoms with Gasteiger partial charge in [-0.25, -0.2) is 9.97 Å². The average Bonchev–Trinajstić information content (AvgIpc) is 3.53. The number of pyridine rings is 2. The van der Waals surface area contributed by atoms with Crippen molar-refractivity contribution in [1.29, 1.82) is 0 Å². The number of ether oxygens (including phenoxy) is 1. The zero-order valence-electron chi connectivity index (χ0n) is 35.0. The molecule has 4 aromatic carbocycles. The van der Waals surface area contributed by atoms with Crippen LogP contribution >= 0.6 is 11.3 Å². The molecule has 0 amide bonds. The summed E-state index contributed by atoms with van der Waals surface area (Å²) in [5.74, 6) is 1.07. The number of benzene rings is 4. The summed E-state index contributed by atoms with van der Waals surface area (Å²) >= 11 is 1.81. The van der Waals surface area contributed by atoms with Crippen LogP contribution in [-0.4, -0.2) is 9.97 Å². The average molecular weight is 745 g/mol. The number of aryl methyl sites for hydroxylation is 1. The van der Waals surface area contributed by atoms with Crippen molar-refractivity contribution in [3.05, 3.63) is 131 Å². The first kappa shape index (κ1) is 38.5. The quantitative estimate of drug-likeness (QED) is 0.176. The molecule has 0 unspecified atom stereocenters. The summed E-state index contributed by atoms with van der Waals surface area (Å²) in [7, 11) is 0. The molecule has 0 spiro atoms. The number of hydrogen-bond acceptors (Lipinski definition) is 4. The van der Waals surface area contributed by atoms with E-state index < -0.39 is 0 Å². The second-order valence-electron chi connectivity index (χ2n) is 19.4. The number of nitrogens with zero attached hydrogens (tertiary/aromatic N) is 2. The van der Waals surface area contributed by atoms with Crippen molar-refractivity contribution >= 4 is 32.2 Å². The van der Waals surface area contributed by atoms with Gasteiger partial charge >= 0.3 is 0 Å². The Balaban J connectivity index is 1.43. The molecule has 0 bridgehead atoms. The number of rotatable bonds is 5. The fourth-order valence-corrected chi connectivity index (χ4v) is 8.51. The Labute approximate surface area is 332 Å². The van der Waals surface area contributed by atoms with Crippen LogP contribution in [0.2, 0.25) is 0 Å². The van der Waals surface area contributed by atoms with Crippen LogP contribution in [-0.2, 0) is 21.7 Å². The minimum absolute atomic E-state index is 0.0227. The topological polar surface area (TPSA) is 35.0 Å². The molecule has 0 aliphatic carbocycles. The number of aromatic nitrogens is 2. The molecular formula is C51H56N2OS. The first-order valence-corrected chi connectivity index (χ1v) is 20.4. The van der Waals surface area contributed by atoms with E-state index in [4.69, 9.17) is 14.7 Å². The van der Waals surface area contributed by atoms with Crippen molar-refractivity contribution in [1.82, 2.24) is 9.97 Å². The lowest BCUT2D eigenvalue weighted by molar-refractivity contribution is 0.443. The molecule has 4 heteroatoms. The monoisotopic (exact) mass is 744 g/mol. The van der Waals surface area contributed by atoms with Crippen LogP contribution in [0.4, 0.5) is 0 Å². The van der Waals surface area contributed by atoms with Crippen LogP contribution in [0.1, 0.15) is 111 Å². The largest absolute Gasteiger partial charge is 0.421 e. The third-order valence-electron chi connectivity index (χ3n) is 10.7. The molecule has 0 aliphatic rings. The molecule has 0 saturated carbocycles. The number of hydrogen-bond donors (Lipinski definition) is 0. The predicted octanol–water partition coefficient (Wildman–Crippen LogP) is 15.1. The Hall–Kier alpha value is -4.80. The highest BCUT2D eigenvalue weighted by Crippen LogP contribution is 2.44. The highest BCUT2D eigenvalue weighted by molar-refractivity contribution is 7.22. The van der Waals surface area contributed by atoms with Gasteiger partial charge < -0.3 is 4.74 Å². The predicted molar refractivity (Wildman–Crippen MR) is 237 cm³/mol. The molecule has 3 aromatic heterocycles. The number of thiophene rings is 1. The molecule has 0 aliphatic heterocycles. The van der Waals surface area contributed by atoms with Gasteiger partial charge in [0.15, 0.2) is 0 Å². The fourth-order valence-electron chi connectivity index (χ4n) is 7.27. The molecular weight excluding hydrogens is 689 g/mol. The molecule has 55 heavy (non-hydrogen) atoms. The molecule has 3 nitrogen and oxygen atoms in total. The van der Waals surface area contributed by atoms with Gasteiger partial charge in [0.1, 0.15) is 0 Å². The smallest absolute Gasteiger partial charge is 0.222 e. The zero-order valence-corrected chi connectivity index (χ0v) is 35.8. The number of fused-ring (bicyclic) bond motifs is 2. The van der Waals surface area contributed by atoms with E-state index in [1.807, 2.05) is 11.3 Å². The van der Waals surface area contributed by atoms with Crippen molar-refractivity contribution in [2.75, 3.05) is 0 Å². The van der Waals surface area contributed by atoms with Gasteiger partial charge in [-0.05, 0) is 103 Å². The van der Waals surface area contributed by atoms with Crippen LogP contribution in [0.25, 0.3) is 53.8 Å². The van der Waals surface area contributed by atoms with Gasteiger partial charge in [0, 0.05) is 33.5 Å². The van der Waals surface area contributed by atoms with Crippen LogP contribution in [0, 0.1) is 6.92 Å². The van der Waals surface area contributed by atoms with E-state index in [1.54, 1.807) is 0 Å². The highest BCUT2D eigenvalue weighted by Gasteiger charge is 2.24. The van der Waals surface area contributed by atoms with Gasteiger partial charge in [0.2, 0.25) is 11.8 Å². The Kier molecular flexibility index (Phi) is 9.61. The van der Waals surface area contributed by atoms with Gasteiger partial charge in [-0.1, -0.05) is 144 Å². The molecule has 7 aromatic rings. The lowest BCUT2D eigenvalue weighted by Crippen LogP contribution is -2.13. The first-order valence-electron chi connectivity index (χ1n) is 19.6. The molecule has 0 fully saturated rings. The van der Waals surface area contributed by atoms with E-state index in [9.17, 15) is 0 Å². The third-order valence-corrected chi connectivity index (χ3v) is 11.9. The Bertz CT molecular complexity index is 2560. The summed E-state index contributed by atoms with van der Waals surface area (Å²) in [6.07, 6.45) is 0. The Morgan fingerprint density at radius 3 is 1.85 bits per heavy atom. The van der Waals surface area contributed by atoms with E-state index in [-0.39, 0.29) is 21.7 Å². The van der Waals surface area contributed by atoms with E-state index >= 15 is 0 Å². The van der Waals surface area contributed by atoms with Crippen molar-refractivity contribution in [3.8, 4) is 44.7 Å². The molecule has 0 saturated heterocycles. The maximum Gasteiger partial charge on any atom is 0.222 e. The first-order chi connectivity index (χ1) is 25.6. The van der Waals surface area contributed by atoms with Gasteiger partial charge in [0.25, 0.3) is 0 Å². The van der Waals surface area contributed by atoms with Crippen LogP contribution in [0.15, 0.2) is 103 Å². The summed E-state index contributed by atoms with van der Waals surface area (Å²) in [6, 6.07) is 37.7. The maximum absolute atomic E-state index is 6.80. The van der Waals surface area contributed by atoms with E-state index in [0.717, 1.165) is 38.2 Å². The summed E-state index contributed by atoms with van der Waals surface area (Å²) in [6.45, 7) is 29.4. The van der Waals surface area contributed by atoms with E-state index in [0.29, 0.717) is 11.8 Å². The lowest BCUT2D eigenvalue weighted by atomic mass is 9.82. The lowest BCUT2D eigenvalue weighted by Gasteiger charge is -2.23. The van der Waals surface area contributed by atoms with Gasteiger partial charge in [-0.2, -0.15) is 0 Å². The minimum atomic E-state index is -0.114. The second-order valence-corrected chi connectivity index (χ2v) is 20.4. The minimum Gasteiger partial charge on any atom is -0.421 e. The Morgan fingerprint density at radius 2 is 1.18 bits per heavy atom. The summed E-state index contributed by atoms with van der Waals surface area (Å²) in [4.78, 5) is 11.7. The van der Waals surface area contributed by atoms with Gasteiger partial charge in [-0.15, -0.1) is 11.3 Å². The highest BCUT2D eigenvalue weighted by atomic mass is 32.1. The summed E-state index contributed by atoms with van der Waals surface area (Å²) in [5.41, 5.74) is 11.5.